The highest BCUT2D eigenvalue weighted by atomic mass is 32.2. The molecule has 6 aromatic carbocycles. The Labute approximate surface area is 273 Å². The third-order valence-corrected chi connectivity index (χ3v) is 10.5. The van der Waals surface area contributed by atoms with Crippen molar-refractivity contribution in [1.82, 2.24) is 15.0 Å². The summed E-state index contributed by atoms with van der Waals surface area (Å²) in [4.78, 5) is 17.8. The van der Waals surface area contributed by atoms with E-state index in [1.807, 2.05) is 11.8 Å². The Kier molecular flexibility index (Phi) is 6.09. The molecule has 46 heavy (non-hydrogen) atoms. The monoisotopic (exact) mass is 607 g/mol. The van der Waals surface area contributed by atoms with Crippen molar-refractivity contribution in [3.05, 3.63) is 173 Å². The molecule has 4 heteroatoms. The Balaban J connectivity index is 1.32. The smallest absolute Gasteiger partial charge is 0.164 e. The van der Waals surface area contributed by atoms with Crippen molar-refractivity contribution in [3.8, 4) is 45.3 Å². The lowest BCUT2D eigenvalue weighted by Gasteiger charge is -2.39. The third-order valence-electron chi connectivity index (χ3n) is 9.36. The maximum atomic E-state index is 5.12. The van der Waals surface area contributed by atoms with Gasteiger partial charge in [0.2, 0.25) is 0 Å². The van der Waals surface area contributed by atoms with Crippen LogP contribution in [0.25, 0.3) is 45.3 Å². The van der Waals surface area contributed by atoms with Gasteiger partial charge in [-0.05, 0) is 65.4 Å². The largest absolute Gasteiger partial charge is 0.208 e. The Bertz CT molecular complexity index is 2200. The summed E-state index contributed by atoms with van der Waals surface area (Å²) in [6.45, 7) is 4.19. The van der Waals surface area contributed by atoms with Crippen LogP contribution in [0.5, 0.6) is 0 Å². The van der Waals surface area contributed by atoms with Crippen LogP contribution in [0.2, 0.25) is 0 Å². The lowest BCUT2D eigenvalue weighted by Crippen LogP contribution is -2.31. The van der Waals surface area contributed by atoms with E-state index in [9.17, 15) is 0 Å². The molecule has 0 saturated carbocycles. The van der Waals surface area contributed by atoms with E-state index in [4.69, 9.17) is 15.0 Å². The van der Waals surface area contributed by atoms with E-state index >= 15 is 0 Å². The van der Waals surface area contributed by atoms with Gasteiger partial charge in [-0.3, -0.25) is 0 Å². The van der Waals surface area contributed by atoms with Gasteiger partial charge in [0, 0.05) is 26.5 Å². The highest BCUT2D eigenvalue weighted by Crippen LogP contribution is 2.62. The Morgan fingerprint density at radius 1 is 0.413 bits per heavy atom. The van der Waals surface area contributed by atoms with Gasteiger partial charge < -0.3 is 0 Å². The summed E-state index contributed by atoms with van der Waals surface area (Å²) in [6, 6.07) is 50.3. The van der Waals surface area contributed by atoms with Crippen LogP contribution >= 0.6 is 11.8 Å². The zero-order valence-electron chi connectivity index (χ0n) is 25.5. The van der Waals surface area contributed by atoms with Crippen LogP contribution in [-0.4, -0.2) is 15.0 Å². The average molecular weight is 608 g/mol. The summed E-state index contributed by atoms with van der Waals surface area (Å²) < 4.78 is 0. The van der Waals surface area contributed by atoms with E-state index in [1.165, 1.54) is 54.3 Å². The Hall–Kier alpha value is -5.32. The molecule has 0 unspecified atom stereocenters. The number of aromatic nitrogens is 3. The molecule has 1 aromatic heterocycles. The zero-order valence-corrected chi connectivity index (χ0v) is 26.3. The minimum atomic E-state index is -0.451. The van der Waals surface area contributed by atoms with Crippen molar-refractivity contribution in [1.29, 1.82) is 0 Å². The molecule has 1 aliphatic heterocycles. The van der Waals surface area contributed by atoms with E-state index in [1.54, 1.807) is 0 Å². The summed E-state index contributed by atoms with van der Waals surface area (Å²) in [5, 5.41) is 0. The fourth-order valence-electron chi connectivity index (χ4n) is 7.16. The maximum Gasteiger partial charge on any atom is 0.164 e. The molecule has 0 atom stereocenters. The normalized spacial score (nSPS) is 13.5. The number of nitrogens with zero attached hydrogens (tertiary/aromatic N) is 3. The van der Waals surface area contributed by atoms with Gasteiger partial charge in [0.15, 0.2) is 17.5 Å². The Morgan fingerprint density at radius 3 is 1.41 bits per heavy atom. The van der Waals surface area contributed by atoms with Crippen LogP contribution in [-0.2, 0) is 5.41 Å². The molecule has 0 fully saturated rings. The van der Waals surface area contributed by atoms with Crippen molar-refractivity contribution in [3.63, 3.8) is 0 Å². The minimum absolute atomic E-state index is 0.451. The van der Waals surface area contributed by atoms with Crippen LogP contribution in [0.4, 0.5) is 0 Å². The fraction of sp³-hybridized carbons (Fsp3) is 0.0714. The van der Waals surface area contributed by atoms with Gasteiger partial charge >= 0.3 is 0 Å². The first kappa shape index (κ1) is 27.0. The Morgan fingerprint density at radius 2 is 0.848 bits per heavy atom. The molecule has 0 amide bonds. The molecule has 0 radical (unpaired) electrons. The van der Waals surface area contributed by atoms with E-state index in [-0.39, 0.29) is 0 Å². The topological polar surface area (TPSA) is 38.7 Å². The van der Waals surface area contributed by atoms with Gasteiger partial charge in [0.1, 0.15) is 0 Å². The summed E-state index contributed by atoms with van der Waals surface area (Å²) in [7, 11) is 0. The van der Waals surface area contributed by atoms with Gasteiger partial charge in [0.25, 0.3) is 0 Å². The van der Waals surface area contributed by atoms with Crippen LogP contribution < -0.4 is 0 Å². The second kappa shape index (κ2) is 10.4. The quantitative estimate of drug-likeness (QED) is 0.200. The van der Waals surface area contributed by atoms with Gasteiger partial charge in [-0.1, -0.05) is 144 Å². The van der Waals surface area contributed by atoms with Crippen LogP contribution in [0.1, 0.15) is 33.4 Å². The molecule has 3 nitrogen and oxygen atoms in total. The average Bonchev–Trinajstić information content (AvgIpc) is 3.39. The SMILES string of the molecule is Cc1ccc(-c2nc(-c3ccc(C)cc3)nc(-c3ccc4c(c3)C3(c5ccccc5Sc5ccccc53)c3ccccc3-4)n2)cc1. The summed E-state index contributed by atoms with van der Waals surface area (Å²) >= 11 is 1.86. The minimum Gasteiger partial charge on any atom is -0.208 e. The van der Waals surface area contributed by atoms with Crippen molar-refractivity contribution >= 4 is 11.8 Å². The highest BCUT2D eigenvalue weighted by Gasteiger charge is 2.50. The molecule has 1 aliphatic carbocycles. The number of hydrogen-bond acceptors (Lipinski definition) is 4. The van der Waals surface area contributed by atoms with Crippen LogP contribution in [0.15, 0.2) is 149 Å². The number of aryl methyl sites for hydroxylation is 2. The molecule has 0 saturated heterocycles. The first-order chi connectivity index (χ1) is 22.6. The standard InChI is InChI=1S/C42H29N3S/c1-26-15-19-28(20-16-26)39-43-40(29-21-17-27(2)18-22-29)45-41(44-39)30-23-24-32-31-9-3-4-10-33(31)42(36(32)25-30)34-11-5-7-13-37(34)46-38-14-8-6-12-35(38)42/h3-25H,1-2H3. The third kappa shape index (κ3) is 4.03. The molecular weight excluding hydrogens is 579 g/mol. The summed E-state index contributed by atoms with van der Waals surface area (Å²) in [6.07, 6.45) is 0. The van der Waals surface area contributed by atoms with Gasteiger partial charge in [-0.25, -0.2) is 15.0 Å². The highest BCUT2D eigenvalue weighted by molar-refractivity contribution is 7.99. The molecule has 1 spiro atoms. The van der Waals surface area contributed by atoms with E-state index in [2.05, 4.69) is 153 Å². The van der Waals surface area contributed by atoms with Crippen molar-refractivity contribution in [2.45, 2.75) is 29.1 Å². The number of fused-ring (bicyclic) bond motifs is 9. The first-order valence-electron chi connectivity index (χ1n) is 15.6. The molecule has 0 N–H and O–H groups in total. The van der Waals surface area contributed by atoms with E-state index in [0.717, 1.165) is 16.7 Å². The first-order valence-corrected chi connectivity index (χ1v) is 16.4. The predicted octanol–water partition coefficient (Wildman–Crippen LogP) is 10.3. The van der Waals surface area contributed by atoms with Gasteiger partial charge in [-0.15, -0.1) is 0 Å². The second-order valence-electron chi connectivity index (χ2n) is 12.2. The molecule has 2 heterocycles. The van der Waals surface area contributed by atoms with Gasteiger partial charge in [0.05, 0.1) is 5.41 Å². The molecule has 2 aliphatic rings. The predicted molar refractivity (Wildman–Crippen MR) is 187 cm³/mol. The summed E-state index contributed by atoms with van der Waals surface area (Å²) in [5.74, 6) is 2.01. The molecule has 218 valence electrons. The molecule has 7 aromatic rings. The van der Waals surface area contributed by atoms with Gasteiger partial charge in [-0.2, -0.15) is 0 Å². The second-order valence-corrected chi connectivity index (χ2v) is 13.3. The van der Waals surface area contributed by atoms with Crippen molar-refractivity contribution < 1.29 is 0 Å². The number of benzene rings is 6. The maximum absolute atomic E-state index is 5.12. The molecular formula is C42H29N3S. The lowest BCUT2D eigenvalue weighted by atomic mass is 9.67. The summed E-state index contributed by atoms with van der Waals surface area (Å²) in [5.41, 5.74) is 12.6. The lowest BCUT2D eigenvalue weighted by molar-refractivity contribution is 0.722. The van der Waals surface area contributed by atoms with Crippen LogP contribution in [0.3, 0.4) is 0 Å². The molecule has 0 bridgehead atoms. The van der Waals surface area contributed by atoms with Crippen molar-refractivity contribution in [2.24, 2.45) is 0 Å². The van der Waals surface area contributed by atoms with E-state index < -0.39 is 5.41 Å². The fourth-order valence-corrected chi connectivity index (χ4v) is 8.35. The zero-order chi connectivity index (χ0) is 30.8. The van der Waals surface area contributed by atoms with Crippen molar-refractivity contribution in [2.75, 3.05) is 0 Å². The van der Waals surface area contributed by atoms with Crippen LogP contribution in [0, 0.1) is 13.8 Å². The number of hydrogen-bond donors (Lipinski definition) is 0. The number of rotatable bonds is 3. The molecule has 9 rings (SSSR count). The van der Waals surface area contributed by atoms with E-state index in [0.29, 0.717) is 17.5 Å².